The Bertz CT molecular complexity index is 1490. The summed E-state index contributed by atoms with van der Waals surface area (Å²) < 4.78 is 15.5. The highest BCUT2D eigenvalue weighted by Crippen LogP contribution is 2.24. The van der Waals surface area contributed by atoms with E-state index in [2.05, 4.69) is 0 Å². The van der Waals surface area contributed by atoms with Gasteiger partial charge in [0, 0.05) is 43.3 Å². The minimum Gasteiger partial charge on any atom is -0.335 e. The first kappa shape index (κ1) is 23.2. The Hall–Kier alpha value is -4.59. The second-order valence-corrected chi connectivity index (χ2v) is 8.49. The molecule has 1 saturated heterocycles. The summed E-state index contributed by atoms with van der Waals surface area (Å²) in [5.41, 5.74) is 0.909. The van der Waals surface area contributed by atoms with Gasteiger partial charge in [0.05, 0.1) is 16.6 Å². The number of amides is 2. The quantitative estimate of drug-likeness (QED) is 0.328. The van der Waals surface area contributed by atoms with Gasteiger partial charge in [-0.05, 0) is 30.3 Å². The molecule has 4 aromatic rings. The lowest BCUT2D eigenvalue weighted by molar-refractivity contribution is -0.127. The summed E-state index contributed by atoms with van der Waals surface area (Å²) in [4.78, 5) is 55.2. The van der Waals surface area contributed by atoms with Gasteiger partial charge in [0.15, 0.2) is 0 Å². The number of fused-ring (bicyclic) bond motifs is 1. The Kier molecular flexibility index (Phi) is 6.16. The van der Waals surface area contributed by atoms with Gasteiger partial charge in [-0.3, -0.25) is 23.7 Å². The van der Waals surface area contributed by atoms with Crippen LogP contribution in [-0.4, -0.2) is 64.1 Å². The topological polar surface area (TPSA) is 79.7 Å². The number of nitrogens with zero attached hydrogens (tertiary/aromatic N) is 3. The molecule has 0 unspecified atom stereocenters. The van der Waals surface area contributed by atoms with Crippen LogP contribution in [0.2, 0.25) is 0 Å². The van der Waals surface area contributed by atoms with Gasteiger partial charge < -0.3 is 9.80 Å². The van der Waals surface area contributed by atoms with E-state index in [1.807, 2.05) is 6.07 Å². The number of hydrogen-bond acceptors (Lipinski definition) is 4. The van der Waals surface area contributed by atoms with Crippen LogP contribution in [0, 0.1) is 5.82 Å². The molecule has 1 aliphatic heterocycles. The molecule has 0 bridgehead atoms. The molecule has 0 radical (unpaired) electrons. The highest BCUT2D eigenvalue weighted by atomic mass is 19.1. The summed E-state index contributed by atoms with van der Waals surface area (Å²) in [5, 5.41) is 0.429. The van der Waals surface area contributed by atoms with Crippen LogP contribution in [0.5, 0.6) is 0 Å². The molecule has 0 spiro atoms. The predicted octanol–water partition coefficient (Wildman–Crippen LogP) is 3.64. The van der Waals surface area contributed by atoms with Crippen LogP contribution in [0.25, 0.3) is 10.9 Å². The van der Waals surface area contributed by atoms with E-state index in [1.54, 1.807) is 59.5 Å². The van der Waals surface area contributed by atoms with Crippen molar-refractivity contribution in [1.29, 1.82) is 0 Å². The number of hydrogen-bond donors (Lipinski definition) is 0. The first-order valence-electron chi connectivity index (χ1n) is 11.5. The molecule has 7 nitrogen and oxygen atoms in total. The first-order chi connectivity index (χ1) is 17.5. The molecule has 2 amide bonds. The number of ketones is 1. The van der Waals surface area contributed by atoms with E-state index in [0.717, 1.165) is 0 Å². The highest BCUT2D eigenvalue weighted by molar-refractivity contribution is 6.45. The summed E-state index contributed by atoms with van der Waals surface area (Å²) in [6.07, 6.45) is 1.30. The standard InChI is InChI=1S/C28H22FN3O4/c29-23-12-6-4-11-21(23)27(35)32-18-22(20-10-5-7-13-24(20)32)25(33)28(36)31-16-14-30(15-17-31)26(34)19-8-2-1-3-9-19/h1-13,18H,14-17H2. The highest BCUT2D eigenvalue weighted by Gasteiger charge is 2.31. The fourth-order valence-electron chi connectivity index (χ4n) is 4.43. The zero-order valence-electron chi connectivity index (χ0n) is 19.3. The van der Waals surface area contributed by atoms with Gasteiger partial charge in [0.2, 0.25) is 0 Å². The lowest BCUT2D eigenvalue weighted by atomic mass is 10.1. The Balaban J connectivity index is 1.36. The number of carbonyl (C=O) groups excluding carboxylic acids is 4. The predicted molar refractivity (Wildman–Crippen MR) is 131 cm³/mol. The summed E-state index contributed by atoms with van der Waals surface area (Å²) in [6, 6.07) is 21.2. The molecule has 3 aromatic carbocycles. The Morgan fingerprint density at radius 3 is 1.97 bits per heavy atom. The van der Waals surface area contributed by atoms with Crippen LogP contribution in [-0.2, 0) is 4.79 Å². The van der Waals surface area contributed by atoms with Crippen LogP contribution >= 0.6 is 0 Å². The molecule has 0 saturated carbocycles. The number of Topliss-reactive ketones (excluding diaryl/α,β-unsaturated/α-hetero) is 1. The molecule has 0 atom stereocenters. The SMILES string of the molecule is O=C(C(=O)N1CCN(C(=O)c2ccccc2)CC1)c1cn(C(=O)c2ccccc2F)c2ccccc12. The van der Waals surface area contributed by atoms with Gasteiger partial charge in [-0.2, -0.15) is 0 Å². The molecule has 5 rings (SSSR count). The number of piperazine rings is 1. The Labute approximate surface area is 206 Å². The Morgan fingerprint density at radius 1 is 0.639 bits per heavy atom. The summed E-state index contributed by atoms with van der Waals surface area (Å²) in [6.45, 7) is 1.05. The molecule has 1 aromatic heterocycles. The van der Waals surface area contributed by atoms with Crippen molar-refractivity contribution in [3.05, 3.63) is 108 Å². The third-order valence-corrected chi connectivity index (χ3v) is 6.35. The van der Waals surface area contributed by atoms with Crippen molar-refractivity contribution >= 4 is 34.4 Å². The van der Waals surface area contributed by atoms with E-state index < -0.39 is 23.4 Å². The third-order valence-electron chi connectivity index (χ3n) is 6.35. The largest absolute Gasteiger partial charge is 0.335 e. The fourth-order valence-corrected chi connectivity index (χ4v) is 4.43. The van der Waals surface area contributed by atoms with Crippen LogP contribution in [0.4, 0.5) is 4.39 Å². The number of para-hydroxylation sites is 1. The molecule has 180 valence electrons. The van der Waals surface area contributed by atoms with Crippen molar-refractivity contribution in [3.8, 4) is 0 Å². The average molecular weight is 483 g/mol. The molecule has 8 heteroatoms. The molecule has 2 heterocycles. The second kappa shape index (κ2) is 9.58. The van der Waals surface area contributed by atoms with E-state index in [-0.39, 0.29) is 30.1 Å². The number of carbonyl (C=O) groups is 4. The van der Waals surface area contributed by atoms with Gasteiger partial charge in [-0.25, -0.2) is 4.39 Å². The van der Waals surface area contributed by atoms with E-state index in [4.69, 9.17) is 0 Å². The molecule has 1 fully saturated rings. The molecule has 0 N–H and O–H groups in total. The molecule has 36 heavy (non-hydrogen) atoms. The lowest BCUT2D eigenvalue weighted by Gasteiger charge is -2.34. The summed E-state index contributed by atoms with van der Waals surface area (Å²) in [5.74, 6) is -2.89. The maximum atomic E-state index is 14.3. The van der Waals surface area contributed by atoms with Crippen LogP contribution in [0.1, 0.15) is 31.1 Å². The summed E-state index contributed by atoms with van der Waals surface area (Å²) in [7, 11) is 0. The number of halogens is 1. The first-order valence-corrected chi connectivity index (χ1v) is 11.5. The van der Waals surface area contributed by atoms with Gasteiger partial charge in [0.1, 0.15) is 5.82 Å². The second-order valence-electron chi connectivity index (χ2n) is 8.49. The van der Waals surface area contributed by atoms with Gasteiger partial charge >= 0.3 is 0 Å². The van der Waals surface area contributed by atoms with Gasteiger partial charge in [-0.1, -0.05) is 48.5 Å². The minimum absolute atomic E-state index is 0.0723. The van der Waals surface area contributed by atoms with Crippen LogP contribution in [0.15, 0.2) is 85.1 Å². The van der Waals surface area contributed by atoms with Crippen molar-refractivity contribution in [2.45, 2.75) is 0 Å². The maximum Gasteiger partial charge on any atom is 0.295 e. The molecule has 0 aliphatic carbocycles. The average Bonchev–Trinajstić information content (AvgIpc) is 3.32. The third kappa shape index (κ3) is 4.17. The number of rotatable bonds is 4. The number of benzene rings is 3. The van der Waals surface area contributed by atoms with E-state index in [9.17, 15) is 23.6 Å². The fraction of sp³-hybridized carbons (Fsp3) is 0.143. The maximum absolute atomic E-state index is 14.3. The van der Waals surface area contributed by atoms with E-state index in [0.29, 0.717) is 29.6 Å². The summed E-state index contributed by atoms with van der Waals surface area (Å²) >= 11 is 0. The smallest absolute Gasteiger partial charge is 0.295 e. The van der Waals surface area contributed by atoms with Crippen molar-refractivity contribution in [2.75, 3.05) is 26.2 Å². The van der Waals surface area contributed by atoms with E-state index in [1.165, 1.54) is 33.9 Å². The van der Waals surface area contributed by atoms with Crippen molar-refractivity contribution in [1.82, 2.24) is 14.4 Å². The normalized spacial score (nSPS) is 13.6. The molecular formula is C28H22FN3O4. The Morgan fingerprint density at radius 2 is 1.25 bits per heavy atom. The minimum atomic E-state index is -0.755. The molecular weight excluding hydrogens is 461 g/mol. The van der Waals surface area contributed by atoms with Gasteiger partial charge in [0.25, 0.3) is 23.5 Å². The van der Waals surface area contributed by atoms with Crippen molar-refractivity contribution < 1.29 is 23.6 Å². The zero-order valence-corrected chi connectivity index (χ0v) is 19.3. The van der Waals surface area contributed by atoms with Crippen molar-refractivity contribution in [2.24, 2.45) is 0 Å². The molecule has 1 aliphatic rings. The van der Waals surface area contributed by atoms with Gasteiger partial charge in [-0.15, -0.1) is 0 Å². The van der Waals surface area contributed by atoms with Crippen LogP contribution in [0.3, 0.4) is 0 Å². The zero-order chi connectivity index (χ0) is 25.2. The van der Waals surface area contributed by atoms with Crippen molar-refractivity contribution in [3.63, 3.8) is 0 Å². The lowest BCUT2D eigenvalue weighted by Crippen LogP contribution is -2.52. The van der Waals surface area contributed by atoms with Crippen LogP contribution < -0.4 is 0 Å². The monoisotopic (exact) mass is 483 g/mol. The number of aromatic nitrogens is 1. The van der Waals surface area contributed by atoms with E-state index >= 15 is 0 Å².